The fraction of sp³-hybridized carbons (Fsp3) is 0.261. The number of nitrogens with zero attached hydrogens (tertiary/aromatic N) is 6. The highest BCUT2D eigenvalue weighted by Crippen LogP contribution is 2.49. The van der Waals surface area contributed by atoms with E-state index in [0.717, 1.165) is 25.3 Å². The first-order valence-electron chi connectivity index (χ1n) is 11.6. The zero-order valence-electron chi connectivity index (χ0n) is 21.5. The number of ether oxygens (including phenoxy) is 2. The number of nitro benzene ring substituents is 4. The van der Waals surface area contributed by atoms with Crippen molar-refractivity contribution in [1.29, 1.82) is 0 Å². The van der Waals surface area contributed by atoms with Gasteiger partial charge in [-0.2, -0.15) is 5.10 Å². The van der Waals surface area contributed by atoms with Crippen LogP contribution in [0.5, 0.6) is 0 Å². The molecule has 0 amide bonds. The molecule has 0 saturated heterocycles. The average molecular weight is 586 g/mol. The van der Waals surface area contributed by atoms with E-state index >= 15 is 0 Å². The lowest BCUT2D eigenvalue weighted by Crippen LogP contribution is -2.51. The van der Waals surface area contributed by atoms with Crippen LogP contribution in [-0.2, 0) is 15.0 Å². The molecule has 42 heavy (non-hydrogen) atoms. The molecule has 19 heteroatoms. The van der Waals surface area contributed by atoms with E-state index in [1.807, 2.05) is 0 Å². The predicted octanol–water partition coefficient (Wildman–Crippen LogP) is 2.13. The van der Waals surface area contributed by atoms with Gasteiger partial charge in [0.2, 0.25) is 0 Å². The Bertz CT molecular complexity index is 1650. The number of rotatable bonds is 8. The zero-order valence-corrected chi connectivity index (χ0v) is 21.5. The Kier molecular flexibility index (Phi) is 7.36. The van der Waals surface area contributed by atoms with Crippen LogP contribution in [0.15, 0.2) is 41.5 Å². The van der Waals surface area contributed by atoms with E-state index in [-0.39, 0.29) is 13.0 Å². The van der Waals surface area contributed by atoms with E-state index in [1.165, 1.54) is 12.2 Å². The maximum Gasteiger partial charge on any atom is 0.345 e. The second-order valence-electron chi connectivity index (χ2n) is 8.85. The lowest BCUT2D eigenvalue weighted by molar-refractivity contribution is -0.390. The minimum atomic E-state index is -2.01. The summed E-state index contributed by atoms with van der Waals surface area (Å²) in [6, 6.07) is 2.56. The van der Waals surface area contributed by atoms with Gasteiger partial charge in [0.05, 0.1) is 51.6 Å². The Balaban J connectivity index is 2.02. The molecular formula is C23H18N6O13. The van der Waals surface area contributed by atoms with Gasteiger partial charge in [-0.3, -0.25) is 45.5 Å². The van der Waals surface area contributed by atoms with Crippen molar-refractivity contribution in [3.63, 3.8) is 0 Å². The molecule has 0 spiro atoms. The molecule has 1 N–H and O–H groups in total. The van der Waals surface area contributed by atoms with Crippen LogP contribution in [0.2, 0.25) is 0 Å². The average Bonchev–Trinajstić information content (AvgIpc) is 3.27. The van der Waals surface area contributed by atoms with Gasteiger partial charge in [-0.1, -0.05) is 12.2 Å². The van der Waals surface area contributed by atoms with E-state index in [9.17, 15) is 55.2 Å². The number of aliphatic hydroxyl groups is 1. The number of carbonyl (C=O) groups excluding carboxylic acids is 2. The molecule has 218 valence electrons. The van der Waals surface area contributed by atoms with Gasteiger partial charge in [0.25, 0.3) is 22.7 Å². The molecule has 0 saturated carbocycles. The molecule has 4 rings (SSSR count). The Morgan fingerprint density at radius 3 is 1.83 bits per heavy atom. The van der Waals surface area contributed by atoms with E-state index < -0.39 is 94.0 Å². The van der Waals surface area contributed by atoms with Crippen LogP contribution in [0, 0.1) is 40.5 Å². The first-order chi connectivity index (χ1) is 19.8. The fourth-order valence-corrected chi connectivity index (χ4v) is 4.95. The highest BCUT2D eigenvalue weighted by Gasteiger charge is 2.57. The maximum atomic E-state index is 12.2. The quantitative estimate of drug-likeness (QED) is 0.201. The van der Waals surface area contributed by atoms with Crippen molar-refractivity contribution in [2.45, 2.75) is 18.1 Å². The smallest absolute Gasteiger partial charge is 0.345 e. The molecule has 2 atom stereocenters. The van der Waals surface area contributed by atoms with Crippen molar-refractivity contribution in [3.8, 4) is 0 Å². The third kappa shape index (κ3) is 4.42. The molecule has 2 aliphatic heterocycles. The van der Waals surface area contributed by atoms with Crippen molar-refractivity contribution < 1.29 is 43.9 Å². The molecule has 0 fully saturated rings. The molecule has 0 radical (unpaired) electrons. The number of esters is 2. The third-order valence-electron chi connectivity index (χ3n) is 6.84. The molecule has 0 aromatic heterocycles. The molecule has 2 aromatic rings. The predicted molar refractivity (Wildman–Crippen MR) is 137 cm³/mol. The van der Waals surface area contributed by atoms with Crippen LogP contribution in [0.25, 0.3) is 0 Å². The van der Waals surface area contributed by atoms with Crippen molar-refractivity contribution in [1.82, 2.24) is 5.01 Å². The number of hydrogen-bond acceptors (Lipinski definition) is 15. The van der Waals surface area contributed by atoms with Gasteiger partial charge >= 0.3 is 11.9 Å². The number of fused-ring (bicyclic) bond motifs is 1. The Hall–Kier alpha value is -5.85. The van der Waals surface area contributed by atoms with Crippen LogP contribution in [-0.4, -0.2) is 74.3 Å². The molecule has 0 bridgehead atoms. The van der Waals surface area contributed by atoms with E-state index in [1.54, 1.807) is 0 Å². The summed E-state index contributed by atoms with van der Waals surface area (Å²) in [4.78, 5) is 68.3. The van der Waals surface area contributed by atoms with Crippen LogP contribution in [0.1, 0.15) is 38.3 Å². The maximum absolute atomic E-state index is 12.2. The Morgan fingerprint density at radius 2 is 1.33 bits per heavy atom. The lowest BCUT2D eigenvalue weighted by atomic mass is 9.76. The van der Waals surface area contributed by atoms with Crippen LogP contribution in [0.4, 0.5) is 22.7 Å². The van der Waals surface area contributed by atoms with Gasteiger partial charge in [-0.05, 0) is 6.42 Å². The first-order valence-corrected chi connectivity index (χ1v) is 11.6. The third-order valence-corrected chi connectivity index (χ3v) is 6.84. The Labute approximate surface area is 232 Å². The zero-order chi connectivity index (χ0) is 31.1. The number of hydrogen-bond donors (Lipinski definition) is 1. The summed E-state index contributed by atoms with van der Waals surface area (Å²) in [5.74, 6) is -2.50. The number of nitro groups is 4. The minimum absolute atomic E-state index is 0.152. The van der Waals surface area contributed by atoms with Crippen LogP contribution >= 0.6 is 0 Å². The highest BCUT2D eigenvalue weighted by molar-refractivity contribution is 6.10. The SMILES string of the molecule is COC(=O)c1cc([N+](=O)[O-])c(C2=NN3CC=CCC3(c3cc([N+](=O)[O-])c(C(=O)OC)cc3[N+](=O)[O-])C2O)cc1[N+](=O)[O-]. The summed E-state index contributed by atoms with van der Waals surface area (Å²) in [5, 5.41) is 64.8. The number of hydrazone groups is 1. The summed E-state index contributed by atoms with van der Waals surface area (Å²) in [7, 11) is 1.82. The summed E-state index contributed by atoms with van der Waals surface area (Å²) >= 11 is 0. The number of benzene rings is 2. The van der Waals surface area contributed by atoms with E-state index in [4.69, 9.17) is 0 Å². The first kappa shape index (κ1) is 29.1. The largest absolute Gasteiger partial charge is 0.465 e. The Morgan fingerprint density at radius 1 is 0.833 bits per heavy atom. The fourth-order valence-electron chi connectivity index (χ4n) is 4.95. The molecule has 0 aliphatic carbocycles. The summed E-state index contributed by atoms with van der Waals surface area (Å²) in [6.45, 7) is -0.152. The highest BCUT2D eigenvalue weighted by atomic mass is 16.6. The summed E-state index contributed by atoms with van der Waals surface area (Å²) in [5.41, 5.74) is -8.63. The summed E-state index contributed by atoms with van der Waals surface area (Å²) in [6.07, 6.45) is 0.746. The molecule has 2 heterocycles. The minimum Gasteiger partial charge on any atom is -0.465 e. The van der Waals surface area contributed by atoms with Crippen LogP contribution in [0.3, 0.4) is 0 Å². The van der Waals surface area contributed by atoms with Crippen molar-refractivity contribution in [2.24, 2.45) is 5.10 Å². The van der Waals surface area contributed by atoms with Gasteiger partial charge in [0.1, 0.15) is 28.5 Å². The molecule has 19 nitrogen and oxygen atoms in total. The second kappa shape index (κ2) is 10.6. The number of carbonyl (C=O) groups is 2. The molecule has 2 aliphatic rings. The number of aliphatic hydroxyl groups excluding tert-OH is 1. The molecular weight excluding hydrogens is 568 g/mol. The van der Waals surface area contributed by atoms with Gasteiger partial charge < -0.3 is 14.6 Å². The molecule has 2 aromatic carbocycles. The van der Waals surface area contributed by atoms with Gasteiger partial charge in [0, 0.05) is 24.3 Å². The standard InChI is InChI=1S/C23H18N6O13/c1-41-21(31)12-8-15(26(33)34)11(7-16(12)27(35)36)19-20(30)23(5-3-4-6-25(23)24-19)14-10-17(28(37)38)13(22(32)42-2)9-18(14)29(39)40/h3-4,7-10,20,30H,5-6H2,1-2H3. The van der Waals surface area contributed by atoms with Crippen molar-refractivity contribution in [2.75, 3.05) is 20.8 Å². The topological polar surface area (TPSA) is 261 Å². The van der Waals surface area contributed by atoms with E-state index in [0.29, 0.717) is 18.2 Å². The second-order valence-corrected chi connectivity index (χ2v) is 8.85. The normalized spacial score (nSPS) is 19.0. The number of methoxy groups -OCH3 is 2. The van der Waals surface area contributed by atoms with Gasteiger partial charge in [-0.15, -0.1) is 0 Å². The molecule has 2 unspecified atom stereocenters. The van der Waals surface area contributed by atoms with Crippen molar-refractivity contribution in [3.05, 3.63) is 99.1 Å². The van der Waals surface area contributed by atoms with Gasteiger partial charge in [0.15, 0.2) is 0 Å². The van der Waals surface area contributed by atoms with Crippen molar-refractivity contribution >= 4 is 40.4 Å². The monoisotopic (exact) mass is 586 g/mol. The van der Waals surface area contributed by atoms with E-state index in [2.05, 4.69) is 14.6 Å². The lowest BCUT2D eigenvalue weighted by Gasteiger charge is -2.41. The van der Waals surface area contributed by atoms with Gasteiger partial charge in [-0.25, -0.2) is 9.59 Å². The van der Waals surface area contributed by atoms with Crippen LogP contribution < -0.4 is 0 Å². The summed E-state index contributed by atoms with van der Waals surface area (Å²) < 4.78 is 9.00.